The highest BCUT2D eigenvalue weighted by atomic mass is 19.3. The van der Waals surface area contributed by atoms with Gasteiger partial charge in [0, 0.05) is 43.4 Å². The van der Waals surface area contributed by atoms with Gasteiger partial charge in [0.1, 0.15) is 11.9 Å². The zero-order chi connectivity index (χ0) is 29.0. The summed E-state index contributed by atoms with van der Waals surface area (Å²) in [6.07, 6.45) is 3.15. The number of aliphatic carboxylic acids is 1. The van der Waals surface area contributed by atoms with Crippen molar-refractivity contribution in [2.24, 2.45) is 0 Å². The van der Waals surface area contributed by atoms with E-state index in [1.54, 1.807) is 22.9 Å². The van der Waals surface area contributed by atoms with Crippen molar-refractivity contribution < 1.29 is 27.8 Å². The number of alkyl halides is 2. The molecule has 1 aromatic carbocycles. The minimum Gasteiger partial charge on any atom is -0.493 e. The lowest BCUT2D eigenvalue weighted by atomic mass is 9.95. The number of nitrogens with zero attached hydrogens (tertiary/aromatic N) is 3. The highest BCUT2D eigenvalue weighted by Crippen LogP contribution is 2.37. The van der Waals surface area contributed by atoms with Crippen LogP contribution in [0.2, 0.25) is 0 Å². The van der Waals surface area contributed by atoms with E-state index in [4.69, 9.17) is 4.74 Å². The number of rotatable bonds is 12. The molecule has 1 aromatic heterocycles. The quantitative estimate of drug-likeness (QED) is 0.354. The van der Waals surface area contributed by atoms with Crippen LogP contribution in [0.1, 0.15) is 73.9 Å². The van der Waals surface area contributed by atoms with Crippen LogP contribution in [0.25, 0.3) is 0 Å². The monoisotopic (exact) mass is 562 g/mol. The molecule has 7 nitrogen and oxygen atoms in total. The molecule has 3 heterocycles. The fraction of sp³-hybridized carbons (Fsp3) is 0.600. The molecular formula is C30H41F3N4O3. The Hall–Kier alpha value is -2.85. The van der Waals surface area contributed by atoms with Crippen LogP contribution < -0.4 is 10.1 Å². The lowest BCUT2D eigenvalue weighted by molar-refractivity contribution is -0.143. The van der Waals surface area contributed by atoms with Crippen LogP contribution >= 0.6 is 0 Å². The van der Waals surface area contributed by atoms with Gasteiger partial charge in [-0.25, -0.2) is 18.2 Å². The number of hydrogen-bond acceptors (Lipinski definition) is 6. The number of carboxylic acids is 1. The van der Waals surface area contributed by atoms with Crippen LogP contribution in [0.5, 0.6) is 5.75 Å². The highest BCUT2D eigenvalue weighted by Gasteiger charge is 2.39. The summed E-state index contributed by atoms with van der Waals surface area (Å²) in [4.78, 5) is 20.4. The summed E-state index contributed by atoms with van der Waals surface area (Å²) in [6.45, 7) is 4.96. The third-order valence-corrected chi connectivity index (χ3v) is 8.09. The molecule has 40 heavy (non-hydrogen) atoms. The van der Waals surface area contributed by atoms with Crippen molar-refractivity contribution in [2.75, 3.05) is 45.7 Å². The van der Waals surface area contributed by atoms with Crippen LogP contribution in [0.15, 0.2) is 24.3 Å². The van der Waals surface area contributed by atoms with Crippen molar-refractivity contribution in [3.63, 3.8) is 0 Å². The number of carboxylic acid groups (broad SMARTS) is 1. The number of ether oxygens (including phenoxy) is 1. The zero-order valence-corrected chi connectivity index (χ0v) is 23.9. The van der Waals surface area contributed by atoms with Gasteiger partial charge in [-0.3, -0.25) is 14.6 Å². The van der Waals surface area contributed by atoms with Gasteiger partial charge in [-0.15, -0.1) is 0 Å². The number of nitrogens with one attached hydrogen (secondary N) is 1. The number of hydrogen-bond donors (Lipinski definition) is 2. The van der Waals surface area contributed by atoms with Crippen LogP contribution in [-0.4, -0.2) is 78.2 Å². The van der Waals surface area contributed by atoms with E-state index in [1.807, 2.05) is 26.0 Å². The van der Waals surface area contributed by atoms with E-state index in [0.29, 0.717) is 31.4 Å². The normalized spacial score (nSPS) is 18.6. The molecule has 2 aliphatic rings. The molecular weight excluding hydrogens is 521 g/mol. The fourth-order valence-electron chi connectivity index (χ4n) is 5.85. The Bertz CT molecular complexity index is 1190. The Morgan fingerprint density at radius 2 is 2.10 bits per heavy atom. The molecule has 0 aliphatic carbocycles. The average Bonchev–Trinajstić information content (AvgIpc) is 3.38. The van der Waals surface area contributed by atoms with Crippen molar-refractivity contribution in [1.82, 2.24) is 14.8 Å². The van der Waals surface area contributed by atoms with Gasteiger partial charge in [0.25, 0.3) is 5.92 Å². The molecule has 0 amide bonds. The molecule has 1 fully saturated rings. The van der Waals surface area contributed by atoms with Gasteiger partial charge >= 0.3 is 5.97 Å². The minimum absolute atomic E-state index is 0.00650. The second kappa shape index (κ2) is 12.8. The van der Waals surface area contributed by atoms with Crippen LogP contribution in [0, 0.1) is 5.82 Å². The zero-order valence-electron chi connectivity index (χ0n) is 23.9. The number of benzene rings is 1. The maximum Gasteiger partial charge on any atom is 0.325 e. The molecule has 220 valence electrons. The topological polar surface area (TPSA) is 77.9 Å². The van der Waals surface area contributed by atoms with E-state index in [9.17, 15) is 23.1 Å². The Kier molecular flexibility index (Phi) is 9.61. The number of aryl methyl sites for hydroxylation is 2. The second-order valence-corrected chi connectivity index (χ2v) is 11.4. The van der Waals surface area contributed by atoms with Crippen molar-refractivity contribution >= 4 is 11.8 Å². The number of carbonyl (C=O) groups is 1. The Balaban J connectivity index is 1.36. The van der Waals surface area contributed by atoms with E-state index < -0.39 is 30.3 Å². The van der Waals surface area contributed by atoms with Crippen LogP contribution in [0.4, 0.5) is 19.0 Å². The SMILES string of the molecule is COc1c(F)cc(C(C)C)cc1[C@H](C(=O)O)N1CC[C@@H](N(C)CC(F)(F)CCCc2ccc3c(n2)NCCC3)C1. The Labute approximate surface area is 234 Å². The maximum atomic E-state index is 15.0. The summed E-state index contributed by atoms with van der Waals surface area (Å²) < 4.78 is 50.0. The number of fused-ring (bicyclic) bond motifs is 1. The molecule has 4 rings (SSSR count). The Morgan fingerprint density at radius 1 is 1.32 bits per heavy atom. The lowest BCUT2D eigenvalue weighted by Crippen LogP contribution is -2.43. The van der Waals surface area contributed by atoms with Gasteiger partial charge < -0.3 is 15.2 Å². The van der Waals surface area contributed by atoms with Gasteiger partial charge in [0.05, 0.1) is 13.7 Å². The Morgan fingerprint density at radius 3 is 2.80 bits per heavy atom. The average molecular weight is 563 g/mol. The number of methoxy groups -OCH3 is 1. The van der Waals surface area contributed by atoms with Gasteiger partial charge in [0.15, 0.2) is 11.6 Å². The third kappa shape index (κ3) is 7.07. The van der Waals surface area contributed by atoms with E-state index in [1.165, 1.54) is 18.7 Å². The fourth-order valence-corrected chi connectivity index (χ4v) is 5.85. The molecule has 2 atom stereocenters. The summed E-state index contributed by atoms with van der Waals surface area (Å²) in [5.74, 6) is -3.85. The standard InChI is InChI=1S/C30H41F3N4O3/c1-19(2)21-15-24(27(40-4)25(31)16-21)26(29(38)39)37-14-11-23(17-37)36(3)18-30(32,33)12-5-8-22-10-9-20-7-6-13-34-28(20)35-22/h9-10,15-16,19,23,26H,5-8,11-14,17-18H2,1-4H3,(H,34,35)(H,38,39)/t23-,26-/m1/s1. The number of halogens is 3. The number of likely N-dealkylation sites (tertiary alicyclic amines) is 1. The first-order chi connectivity index (χ1) is 19.0. The smallest absolute Gasteiger partial charge is 0.325 e. The van der Waals surface area contributed by atoms with Gasteiger partial charge in [-0.1, -0.05) is 19.9 Å². The number of aromatic nitrogens is 1. The van der Waals surface area contributed by atoms with E-state index in [-0.39, 0.29) is 36.2 Å². The predicted molar refractivity (Wildman–Crippen MR) is 149 cm³/mol. The van der Waals surface area contributed by atoms with Gasteiger partial charge in [-0.2, -0.15) is 0 Å². The summed E-state index contributed by atoms with van der Waals surface area (Å²) in [5, 5.41) is 13.4. The molecule has 2 aliphatic heterocycles. The predicted octanol–water partition coefficient (Wildman–Crippen LogP) is 5.50. The van der Waals surface area contributed by atoms with Crippen molar-refractivity contribution in [3.8, 4) is 5.75 Å². The van der Waals surface area contributed by atoms with Crippen LogP contribution in [-0.2, 0) is 17.6 Å². The number of likely N-dealkylation sites (N-methyl/N-ethyl adjacent to an activating group) is 1. The molecule has 0 bridgehead atoms. The number of anilines is 1. The van der Waals surface area contributed by atoms with Crippen molar-refractivity contribution in [2.45, 2.75) is 76.3 Å². The summed E-state index contributed by atoms with van der Waals surface area (Å²) in [5.41, 5.74) is 2.91. The molecule has 0 unspecified atom stereocenters. The first-order valence-corrected chi connectivity index (χ1v) is 14.1. The van der Waals surface area contributed by atoms with Crippen molar-refractivity contribution in [3.05, 3.63) is 52.5 Å². The molecule has 2 aromatic rings. The molecule has 10 heteroatoms. The maximum absolute atomic E-state index is 15.0. The molecule has 0 spiro atoms. The lowest BCUT2D eigenvalue weighted by Gasteiger charge is -2.30. The molecule has 0 saturated carbocycles. The van der Waals surface area contributed by atoms with E-state index in [2.05, 4.69) is 10.3 Å². The molecule has 1 saturated heterocycles. The summed E-state index contributed by atoms with van der Waals surface area (Å²) in [6, 6.07) is 5.64. The van der Waals surface area contributed by atoms with Gasteiger partial charge in [-0.05, 0) is 74.4 Å². The van der Waals surface area contributed by atoms with Crippen LogP contribution in [0.3, 0.4) is 0 Å². The van der Waals surface area contributed by atoms with Gasteiger partial charge in [0.2, 0.25) is 0 Å². The molecule has 2 N–H and O–H groups in total. The first-order valence-electron chi connectivity index (χ1n) is 14.1. The third-order valence-electron chi connectivity index (χ3n) is 8.09. The largest absolute Gasteiger partial charge is 0.493 e. The highest BCUT2D eigenvalue weighted by molar-refractivity contribution is 5.77. The molecule has 0 radical (unpaired) electrons. The van der Waals surface area contributed by atoms with E-state index in [0.717, 1.165) is 30.9 Å². The summed E-state index contributed by atoms with van der Waals surface area (Å²) >= 11 is 0. The first kappa shape index (κ1) is 30.1. The second-order valence-electron chi connectivity index (χ2n) is 11.4. The van der Waals surface area contributed by atoms with E-state index >= 15 is 0 Å². The minimum atomic E-state index is -2.89. The number of pyridine rings is 1. The van der Waals surface area contributed by atoms with Crippen molar-refractivity contribution in [1.29, 1.82) is 0 Å². The summed E-state index contributed by atoms with van der Waals surface area (Å²) in [7, 11) is 2.98.